The lowest BCUT2D eigenvalue weighted by atomic mass is 10.0. The molecular weight excluding hydrogens is 332 g/mol. The van der Waals surface area contributed by atoms with Crippen LogP contribution in [0, 0.1) is 0 Å². The minimum Gasteiger partial charge on any atom is -0.322 e. The van der Waals surface area contributed by atoms with Gasteiger partial charge in [0, 0.05) is 23.0 Å². The molecule has 0 unspecified atom stereocenters. The van der Waals surface area contributed by atoms with Crippen LogP contribution in [0.25, 0.3) is 11.3 Å². The quantitative estimate of drug-likeness (QED) is 0.648. The number of halogens is 1. The molecule has 3 aromatic rings. The fourth-order valence-electron chi connectivity index (χ4n) is 2.53. The SMILES string of the molecule is CC(C)c1ccc(NC(=O)c2ccc(-c3ncccc3Cl)cc2)cc1. The van der Waals surface area contributed by atoms with Gasteiger partial charge in [0.05, 0.1) is 10.7 Å². The van der Waals surface area contributed by atoms with Gasteiger partial charge >= 0.3 is 0 Å². The van der Waals surface area contributed by atoms with Crippen molar-refractivity contribution < 1.29 is 4.79 Å². The third-order valence-electron chi connectivity index (χ3n) is 4.01. The molecule has 3 rings (SSSR count). The molecule has 3 nitrogen and oxygen atoms in total. The van der Waals surface area contributed by atoms with Crippen molar-refractivity contribution >= 4 is 23.2 Å². The topological polar surface area (TPSA) is 42.0 Å². The summed E-state index contributed by atoms with van der Waals surface area (Å²) in [6, 6.07) is 18.8. The number of hydrogen-bond acceptors (Lipinski definition) is 2. The van der Waals surface area contributed by atoms with Crippen molar-refractivity contribution in [2.45, 2.75) is 19.8 Å². The number of anilines is 1. The number of aromatic nitrogens is 1. The zero-order valence-corrected chi connectivity index (χ0v) is 14.9. The van der Waals surface area contributed by atoms with Crippen molar-refractivity contribution in [3.05, 3.63) is 83.0 Å². The average molecular weight is 351 g/mol. The summed E-state index contributed by atoms with van der Waals surface area (Å²) < 4.78 is 0. The van der Waals surface area contributed by atoms with E-state index in [4.69, 9.17) is 11.6 Å². The highest BCUT2D eigenvalue weighted by molar-refractivity contribution is 6.33. The zero-order chi connectivity index (χ0) is 17.8. The molecule has 1 amide bonds. The van der Waals surface area contributed by atoms with Crippen molar-refractivity contribution in [3.63, 3.8) is 0 Å². The maximum absolute atomic E-state index is 12.4. The van der Waals surface area contributed by atoms with Gasteiger partial charge in [0.2, 0.25) is 0 Å². The van der Waals surface area contributed by atoms with Gasteiger partial charge in [0.15, 0.2) is 0 Å². The van der Waals surface area contributed by atoms with Crippen LogP contribution in [-0.4, -0.2) is 10.9 Å². The molecule has 0 saturated carbocycles. The van der Waals surface area contributed by atoms with Crippen LogP contribution in [0.4, 0.5) is 5.69 Å². The standard InChI is InChI=1S/C21H19ClN2O/c1-14(2)15-9-11-18(12-10-15)24-21(25)17-7-5-16(6-8-17)20-19(22)4-3-13-23-20/h3-14H,1-2H3,(H,24,25). The van der Waals surface area contributed by atoms with E-state index in [9.17, 15) is 4.79 Å². The van der Waals surface area contributed by atoms with Crippen LogP contribution in [0.2, 0.25) is 5.02 Å². The summed E-state index contributed by atoms with van der Waals surface area (Å²) >= 11 is 6.16. The van der Waals surface area contributed by atoms with E-state index >= 15 is 0 Å². The molecular formula is C21H19ClN2O. The molecule has 1 aromatic heterocycles. The number of benzene rings is 2. The Balaban J connectivity index is 1.73. The first-order chi connectivity index (χ1) is 12.0. The van der Waals surface area contributed by atoms with Gasteiger partial charge in [0.25, 0.3) is 5.91 Å². The molecule has 0 aliphatic heterocycles. The van der Waals surface area contributed by atoms with E-state index in [0.29, 0.717) is 22.2 Å². The van der Waals surface area contributed by atoms with Gasteiger partial charge < -0.3 is 5.32 Å². The van der Waals surface area contributed by atoms with E-state index in [1.165, 1.54) is 5.56 Å². The van der Waals surface area contributed by atoms with Gasteiger partial charge in [-0.2, -0.15) is 0 Å². The Kier molecular flexibility index (Phi) is 5.15. The fourth-order valence-corrected chi connectivity index (χ4v) is 2.76. The van der Waals surface area contributed by atoms with E-state index in [1.54, 1.807) is 30.5 Å². The molecule has 0 fully saturated rings. The smallest absolute Gasteiger partial charge is 0.255 e. The van der Waals surface area contributed by atoms with E-state index < -0.39 is 0 Å². The normalized spacial score (nSPS) is 10.7. The molecule has 0 aliphatic rings. The number of nitrogens with zero attached hydrogens (tertiary/aromatic N) is 1. The van der Waals surface area contributed by atoms with E-state index in [2.05, 4.69) is 24.1 Å². The van der Waals surface area contributed by atoms with Crippen LogP contribution in [0.15, 0.2) is 66.9 Å². The summed E-state index contributed by atoms with van der Waals surface area (Å²) in [7, 11) is 0. The second kappa shape index (κ2) is 7.49. The molecule has 1 heterocycles. The Bertz CT molecular complexity index is 871. The molecule has 0 atom stereocenters. The van der Waals surface area contributed by atoms with Crippen molar-refractivity contribution in [2.24, 2.45) is 0 Å². The molecule has 126 valence electrons. The Hall–Kier alpha value is -2.65. The fraction of sp³-hybridized carbons (Fsp3) is 0.143. The van der Waals surface area contributed by atoms with Crippen LogP contribution >= 0.6 is 11.6 Å². The Labute approximate surface area is 152 Å². The predicted molar refractivity (Wildman–Crippen MR) is 103 cm³/mol. The Morgan fingerprint density at radius 3 is 2.28 bits per heavy atom. The van der Waals surface area contributed by atoms with E-state index in [-0.39, 0.29) is 5.91 Å². The van der Waals surface area contributed by atoms with Crippen LogP contribution in [0.1, 0.15) is 35.7 Å². The minimum absolute atomic E-state index is 0.143. The minimum atomic E-state index is -0.143. The summed E-state index contributed by atoms with van der Waals surface area (Å²) in [6.45, 7) is 4.28. The van der Waals surface area contributed by atoms with Crippen molar-refractivity contribution in [1.82, 2.24) is 4.98 Å². The second-order valence-corrected chi connectivity index (χ2v) is 6.55. The first-order valence-corrected chi connectivity index (χ1v) is 8.54. The number of hydrogen-bond donors (Lipinski definition) is 1. The van der Waals surface area contributed by atoms with Gasteiger partial charge in [-0.05, 0) is 47.9 Å². The molecule has 0 radical (unpaired) electrons. The third kappa shape index (κ3) is 4.06. The van der Waals surface area contributed by atoms with Gasteiger partial charge in [-0.15, -0.1) is 0 Å². The maximum Gasteiger partial charge on any atom is 0.255 e. The summed E-state index contributed by atoms with van der Waals surface area (Å²) in [6.07, 6.45) is 1.70. The number of pyridine rings is 1. The lowest BCUT2D eigenvalue weighted by Gasteiger charge is -2.09. The first kappa shape index (κ1) is 17.2. The predicted octanol–water partition coefficient (Wildman–Crippen LogP) is 5.78. The maximum atomic E-state index is 12.4. The van der Waals surface area contributed by atoms with Gasteiger partial charge in [-0.3, -0.25) is 9.78 Å². The van der Waals surface area contributed by atoms with Crippen LogP contribution in [0.5, 0.6) is 0 Å². The summed E-state index contributed by atoms with van der Waals surface area (Å²) in [5, 5.41) is 3.50. The molecule has 0 bridgehead atoms. The molecule has 0 spiro atoms. The van der Waals surface area contributed by atoms with Crippen molar-refractivity contribution in [2.75, 3.05) is 5.32 Å². The molecule has 1 N–H and O–H groups in total. The van der Waals surface area contributed by atoms with Crippen LogP contribution in [0.3, 0.4) is 0 Å². The van der Waals surface area contributed by atoms with E-state index in [0.717, 1.165) is 11.3 Å². The lowest BCUT2D eigenvalue weighted by molar-refractivity contribution is 0.102. The number of rotatable bonds is 4. The molecule has 0 aliphatic carbocycles. The van der Waals surface area contributed by atoms with Crippen LogP contribution < -0.4 is 5.32 Å². The van der Waals surface area contributed by atoms with Gasteiger partial charge in [-0.25, -0.2) is 0 Å². The molecule has 25 heavy (non-hydrogen) atoms. The zero-order valence-electron chi connectivity index (χ0n) is 14.2. The summed E-state index contributed by atoms with van der Waals surface area (Å²) in [4.78, 5) is 16.7. The van der Waals surface area contributed by atoms with Crippen molar-refractivity contribution in [1.29, 1.82) is 0 Å². The average Bonchev–Trinajstić information content (AvgIpc) is 2.63. The summed E-state index contributed by atoms with van der Waals surface area (Å²) in [5.41, 5.74) is 4.20. The second-order valence-electron chi connectivity index (χ2n) is 6.14. The number of amides is 1. The number of nitrogens with one attached hydrogen (secondary N) is 1. The first-order valence-electron chi connectivity index (χ1n) is 8.17. The van der Waals surface area contributed by atoms with Crippen molar-refractivity contribution in [3.8, 4) is 11.3 Å². The summed E-state index contributed by atoms with van der Waals surface area (Å²) in [5.74, 6) is 0.326. The van der Waals surface area contributed by atoms with Gasteiger partial charge in [0.1, 0.15) is 0 Å². The molecule has 0 saturated heterocycles. The lowest BCUT2D eigenvalue weighted by Crippen LogP contribution is -2.11. The Morgan fingerprint density at radius 2 is 1.68 bits per heavy atom. The highest BCUT2D eigenvalue weighted by Gasteiger charge is 2.09. The number of carbonyl (C=O) groups excluding carboxylic acids is 1. The Morgan fingerprint density at radius 1 is 1.00 bits per heavy atom. The van der Waals surface area contributed by atoms with E-state index in [1.807, 2.05) is 36.4 Å². The largest absolute Gasteiger partial charge is 0.322 e. The van der Waals surface area contributed by atoms with Gasteiger partial charge in [-0.1, -0.05) is 49.7 Å². The van der Waals surface area contributed by atoms with Crippen LogP contribution in [-0.2, 0) is 0 Å². The highest BCUT2D eigenvalue weighted by atomic mass is 35.5. The number of carbonyl (C=O) groups is 1. The monoisotopic (exact) mass is 350 g/mol. The molecule has 4 heteroatoms. The molecule has 2 aromatic carbocycles. The highest BCUT2D eigenvalue weighted by Crippen LogP contribution is 2.25. The third-order valence-corrected chi connectivity index (χ3v) is 4.32.